The lowest BCUT2D eigenvalue weighted by atomic mass is 10.1. The standard InChI is InChI=1S/C11H10F7NO/c12-8-3-6(4-19)1-2-7(8)5-20-9(10(13,14)15)11(16,17)18/h1-3,9H,4-5,19H2. The summed E-state index contributed by atoms with van der Waals surface area (Å²) in [6.45, 7) is -1.16. The summed E-state index contributed by atoms with van der Waals surface area (Å²) >= 11 is 0. The zero-order valence-electron chi connectivity index (χ0n) is 9.85. The van der Waals surface area contributed by atoms with E-state index in [4.69, 9.17) is 5.73 Å². The van der Waals surface area contributed by atoms with Gasteiger partial charge in [0, 0.05) is 12.1 Å². The second kappa shape index (κ2) is 5.96. The van der Waals surface area contributed by atoms with Gasteiger partial charge in [-0.05, 0) is 11.6 Å². The van der Waals surface area contributed by atoms with Crippen molar-refractivity contribution in [2.45, 2.75) is 31.6 Å². The number of hydrogen-bond donors (Lipinski definition) is 1. The Morgan fingerprint density at radius 1 is 1.05 bits per heavy atom. The summed E-state index contributed by atoms with van der Waals surface area (Å²) in [5.41, 5.74) is 5.15. The predicted octanol–water partition coefficient (Wildman–Crippen LogP) is 3.29. The fourth-order valence-corrected chi connectivity index (χ4v) is 1.38. The van der Waals surface area contributed by atoms with Gasteiger partial charge in [-0.15, -0.1) is 0 Å². The lowest BCUT2D eigenvalue weighted by Gasteiger charge is -2.23. The van der Waals surface area contributed by atoms with E-state index < -0.39 is 36.4 Å². The summed E-state index contributed by atoms with van der Waals surface area (Å²) < 4.78 is 90.3. The molecule has 1 aromatic rings. The van der Waals surface area contributed by atoms with Crippen molar-refractivity contribution in [3.8, 4) is 0 Å². The number of halogens is 7. The van der Waals surface area contributed by atoms with E-state index in [9.17, 15) is 30.7 Å². The van der Waals surface area contributed by atoms with Crippen molar-refractivity contribution in [3.63, 3.8) is 0 Å². The van der Waals surface area contributed by atoms with Crippen LogP contribution < -0.4 is 5.73 Å². The third kappa shape index (κ3) is 4.34. The van der Waals surface area contributed by atoms with Crippen LogP contribution in [0, 0.1) is 5.82 Å². The van der Waals surface area contributed by atoms with Crippen LogP contribution in [0.4, 0.5) is 30.7 Å². The Bertz CT molecular complexity index is 441. The third-order valence-electron chi connectivity index (χ3n) is 2.35. The summed E-state index contributed by atoms with van der Waals surface area (Å²) in [6, 6.07) is 3.24. The zero-order valence-corrected chi connectivity index (χ0v) is 9.85. The van der Waals surface area contributed by atoms with E-state index in [0.29, 0.717) is 5.56 Å². The number of rotatable bonds is 4. The number of ether oxygens (including phenoxy) is 1. The molecule has 0 aromatic heterocycles. The van der Waals surface area contributed by atoms with Gasteiger partial charge in [0.1, 0.15) is 5.82 Å². The molecule has 0 radical (unpaired) electrons. The van der Waals surface area contributed by atoms with Crippen LogP contribution in [-0.2, 0) is 17.9 Å². The molecule has 9 heteroatoms. The molecule has 0 spiro atoms. The quantitative estimate of drug-likeness (QED) is 0.866. The Labute approximate surface area is 109 Å². The summed E-state index contributed by atoms with van der Waals surface area (Å²) in [7, 11) is 0. The second-order valence-corrected chi connectivity index (χ2v) is 3.90. The van der Waals surface area contributed by atoms with Gasteiger partial charge in [0.05, 0.1) is 6.61 Å². The first-order valence-electron chi connectivity index (χ1n) is 5.28. The van der Waals surface area contributed by atoms with Gasteiger partial charge in [-0.3, -0.25) is 0 Å². The van der Waals surface area contributed by atoms with Gasteiger partial charge >= 0.3 is 12.4 Å². The Kier molecular flexibility index (Phi) is 4.98. The molecule has 0 bridgehead atoms. The Morgan fingerprint density at radius 3 is 2.00 bits per heavy atom. The van der Waals surface area contributed by atoms with Gasteiger partial charge < -0.3 is 10.5 Å². The van der Waals surface area contributed by atoms with E-state index in [2.05, 4.69) is 4.74 Å². The van der Waals surface area contributed by atoms with E-state index in [-0.39, 0.29) is 6.54 Å². The molecule has 0 atom stereocenters. The van der Waals surface area contributed by atoms with Gasteiger partial charge in [-0.25, -0.2) is 4.39 Å². The predicted molar refractivity (Wildman–Crippen MR) is 55.0 cm³/mol. The monoisotopic (exact) mass is 305 g/mol. The molecule has 1 rings (SSSR count). The van der Waals surface area contributed by atoms with Crippen molar-refractivity contribution < 1.29 is 35.5 Å². The van der Waals surface area contributed by atoms with Gasteiger partial charge in [0.2, 0.25) is 6.10 Å². The molecule has 1 aromatic carbocycles. The van der Waals surface area contributed by atoms with Crippen LogP contribution in [-0.4, -0.2) is 18.5 Å². The molecule has 0 aliphatic carbocycles. The van der Waals surface area contributed by atoms with Crippen molar-refractivity contribution in [2.75, 3.05) is 0 Å². The summed E-state index contributed by atoms with van der Waals surface area (Å²) in [5, 5.41) is 0. The molecule has 20 heavy (non-hydrogen) atoms. The SMILES string of the molecule is NCc1ccc(COC(C(F)(F)F)C(F)(F)F)c(F)c1. The Morgan fingerprint density at radius 2 is 1.60 bits per heavy atom. The molecule has 0 heterocycles. The minimum absolute atomic E-state index is 0.00815. The summed E-state index contributed by atoms with van der Waals surface area (Å²) in [4.78, 5) is 0. The molecule has 2 nitrogen and oxygen atoms in total. The Balaban J connectivity index is 2.83. The minimum Gasteiger partial charge on any atom is -0.356 e. The summed E-state index contributed by atoms with van der Waals surface area (Å²) in [5.74, 6) is -0.976. The smallest absolute Gasteiger partial charge is 0.356 e. The van der Waals surface area contributed by atoms with Gasteiger partial charge in [0.15, 0.2) is 0 Å². The first-order valence-corrected chi connectivity index (χ1v) is 5.28. The molecular formula is C11H10F7NO. The van der Waals surface area contributed by atoms with Crippen LogP contribution in [0.2, 0.25) is 0 Å². The highest BCUT2D eigenvalue weighted by atomic mass is 19.4. The molecular weight excluding hydrogens is 295 g/mol. The molecule has 0 aliphatic heterocycles. The van der Waals surface area contributed by atoms with Crippen molar-refractivity contribution >= 4 is 0 Å². The highest BCUT2D eigenvalue weighted by molar-refractivity contribution is 5.23. The Hall–Kier alpha value is -1.35. The van der Waals surface area contributed by atoms with Crippen molar-refractivity contribution in [3.05, 3.63) is 35.1 Å². The zero-order chi connectivity index (χ0) is 15.6. The third-order valence-corrected chi connectivity index (χ3v) is 2.35. The number of benzene rings is 1. The maximum Gasteiger partial charge on any atom is 0.423 e. The van der Waals surface area contributed by atoms with E-state index in [0.717, 1.165) is 12.1 Å². The van der Waals surface area contributed by atoms with Crippen molar-refractivity contribution in [1.82, 2.24) is 0 Å². The van der Waals surface area contributed by atoms with Crippen LogP contribution in [0.3, 0.4) is 0 Å². The largest absolute Gasteiger partial charge is 0.423 e. The summed E-state index contributed by atoms with van der Waals surface area (Å²) in [6.07, 6.45) is -15.2. The molecule has 0 saturated carbocycles. The first kappa shape index (κ1) is 16.7. The molecule has 0 fully saturated rings. The minimum atomic E-state index is -5.62. The van der Waals surface area contributed by atoms with Crippen LogP contribution in [0.1, 0.15) is 11.1 Å². The second-order valence-electron chi connectivity index (χ2n) is 3.90. The average molecular weight is 305 g/mol. The van der Waals surface area contributed by atoms with Gasteiger partial charge in [-0.1, -0.05) is 12.1 Å². The van der Waals surface area contributed by atoms with E-state index in [1.807, 2.05) is 0 Å². The fraction of sp³-hybridized carbons (Fsp3) is 0.455. The normalized spacial score (nSPS) is 13.1. The van der Waals surface area contributed by atoms with E-state index in [1.165, 1.54) is 6.07 Å². The van der Waals surface area contributed by atoms with Crippen LogP contribution in [0.25, 0.3) is 0 Å². The van der Waals surface area contributed by atoms with Crippen molar-refractivity contribution in [2.24, 2.45) is 5.73 Å². The fourth-order valence-electron chi connectivity index (χ4n) is 1.38. The number of alkyl halides is 6. The van der Waals surface area contributed by atoms with Crippen LogP contribution in [0.15, 0.2) is 18.2 Å². The molecule has 114 valence electrons. The number of hydrogen-bond acceptors (Lipinski definition) is 2. The first-order chi connectivity index (χ1) is 9.05. The molecule has 0 unspecified atom stereocenters. The molecule has 0 amide bonds. The highest BCUT2D eigenvalue weighted by Crippen LogP contribution is 2.36. The average Bonchev–Trinajstić information content (AvgIpc) is 2.27. The maximum absolute atomic E-state index is 13.4. The molecule has 0 aliphatic rings. The lowest BCUT2D eigenvalue weighted by molar-refractivity contribution is -0.324. The van der Waals surface area contributed by atoms with Gasteiger partial charge in [-0.2, -0.15) is 26.3 Å². The lowest BCUT2D eigenvalue weighted by Crippen LogP contribution is -2.44. The van der Waals surface area contributed by atoms with Crippen LogP contribution >= 0.6 is 0 Å². The van der Waals surface area contributed by atoms with E-state index >= 15 is 0 Å². The molecule has 2 N–H and O–H groups in total. The maximum atomic E-state index is 13.4. The molecule has 0 saturated heterocycles. The number of nitrogens with two attached hydrogens (primary N) is 1. The van der Waals surface area contributed by atoms with E-state index in [1.54, 1.807) is 0 Å². The van der Waals surface area contributed by atoms with Gasteiger partial charge in [0.25, 0.3) is 0 Å². The van der Waals surface area contributed by atoms with Crippen LogP contribution in [0.5, 0.6) is 0 Å². The highest BCUT2D eigenvalue weighted by Gasteiger charge is 2.57. The topological polar surface area (TPSA) is 35.2 Å². The van der Waals surface area contributed by atoms with Crippen molar-refractivity contribution in [1.29, 1.82) is 0 Å².